The molecule has 8 rings (SSSR count). The summed E-state index contributed by atoms with van der Waals surface area (Å²) in [4.78, 5) is 32.4. The van der Waals surface area contributed by atoms with Crippen molar-refractivity contribution in [3.05, 3.63) is 0 Å². The zero-order chi connectivity index (χ0) is 24.1. The Bertz CT molecular complexity index is 772. The summed E-state index contributed by atoms with van der Waals surface area (Å²) in [6, 6.07) is 0.637. The van der Waals surface area contributed by atoms with Gasteiger partial charge in [-0.05, 0) is 111 Å². The van der Waals surface area contributed by atoms with E-state index in [1.54, 1.807) is 0 Å². The van der Waals surface area contributed by atoms with Gasteiger partial charge >= 0.3 is 11.9 Å². The Labute approximate surface area is 213 Å². The molecule has 8 bridgehead atoms. The Kier molecular flexibility index (Phi) is 8.33. The Balaban J connectivity index is 0.000000162. The third kappa shape index (κ3) is 5.00. The second kappa shape index (κ2) is 10.2. The van der Waals surface area contributed by atoms with Gasteiger partial charge in [0.15, 0.2) is 0 Å². The van der Waals surface area contributed by atoms with E-state index in [-0.39, 0.29) is 34.4 Å². The van der Waals surface area contributed by atoms with Crippen LogP contribution in [0.15, 0.2) is 0 Å². The van der Waals surface area contributed by atoms with Crippen molar-refractivity contribution in [2.24, 2.45) is 57.8 Å². The van der Waals surface area contributed by atoms with E-state index in [4.69, 9.17) is 16.2 Å². The quantitative estimate of drug-likeness (QED) is 0.374. The maximum Gasteiger partial charge on any atom is 0.311 e. The van der Waals surface area contributed by atoms with Crippen molar-refractivity contribution < 1.29 is 24.2 Å². The van der Waals surface area contributed by atoms with Crippen LogP contribution in [0.5, 0.6) is 0 Å². The highest BCUT2D eigenvalue weighted by Gasteiger charge is 2.59. The normalized spacial score (nSPS) is 46.3. The number of esters is 1. The lowest BCUT2D eigenvalue weighted by Crippen LogP contribution is -2.59. The van der Waals surface area contributed by atoms with Gasteiger partial charge in [0.25, 0.3) is 0 Å². The number of carbonyl (C=O) groups excluding carboxylic acids is 2. The maximum atomic E-state index is 11.9. The molecule has 9 heteroatoms. The number of ether oxygens (including phenoxy) is 1. The number of carboxylic acid groups (broad SMARTS) is 1. The van der Waals surface area contributed by atoms with E-state index in [1.165, 1.54) is 39.7 Å². The van der Waals surface area contributed by atoms with Crippen LogP contribution in [-0.4, -0.2) is 41.5 Å². The van der Waals surface area contributed by atoms with E-state index in [1.807, 2.05) is 0 Å². The molecule has 0 aromatic carbocycles. The Morgan fingerprint density at radius 2 is 1.12 bits per heavy atom. The number of methoxy groups -OCH3 is 1. The SMILES string of the molecule is CC(=O)Cl.COC(=O)C12CC3CC(C1)C(N)C(C3)C2.Cl.NC1C2CC3CC1CC(C(=O)O)(C3)C2. The zero-order valence-corrected chi connectivity index (χ0v) is 21.8. The molecule has 0 radical (unpaired) electrons. The summed E-state index contributed by atoms with van der Waals surface area (Å²) >= 11 is 4.64. The molecule has 0 aliphatic heterocycles. The van der Waals surface area contributed by atoms with Gasteiger partial charge in [-0.1, -0.05) is 0 Å². The van der Waals surface area contributed by atoms with Gasteiger partial charge in [-0.3, -0.25) is 14.4 Å². The third-order valence-corrected chi connectivity index (χ3v) is 9.76. The van der Waals surface area contributed by atoms with Gasteiger partial charge in [0.1, 0.15) is 0 Å². The van der Waals surface area contributed by atoms with Crippen LogP contribution in [0.3, 0.4) is 0 Å². The fraction of sp³-hybridized carbons (Fsp3) is 0.880. The number of hydrogen-bond donors (Lipinski definition) is 3. The lowest BCUT2D eigenvalue weighted by atomic mass is 9.48. The summed E-state index contributed by atoms with van der Waals surface area (Å²) in [6.45, 7) is 1.29. The van der Waals surface area contributed by atoms with E-state index < -0.39 is 5.97 Å². The molecule has 8 saturated carbocycles. The van der Waals surface area contributed by atoms with Gasteiger partial charge < -0.3 is 21.3 Å². The molecule has 0 spiro atoms. The van der Waals surface area contributed by atoms with Crippen LogP contribution in [-0.2, 0) is 19.1 Å². The van der Waals surface area contributed by atoms with Crippen molar-refractivity contribution in [1.29, 1.82) is 0 Å². The van der Waals surface area contributed by atoms with E-state index in [0.29, 0.717) is 41.7 Å². The second-order valence-electron chi connectivity index (χ2n) is 11.9. The summed E-state index contributed by atoms with van der Waals surface area (Å²) in [5.41, 5.74) is 11.8. The van der Waals surface area contributed by atoms with E-state index in [0.717, 1.165) is 44.4 Å². The largest absolute Gasteiger partial charge is 0.481 e. The van der Waals surface area contributed by atoms with Gasteiger partial charge in [0.2, 0.25) is 5.24 Å². The summed E-state index contributed by atoms with van der Waals surface area (Å²) in [5, 5.41) is 8.96. The third-order valence-electron chi connectivity index (χ3n) is 9.76. The average molecular weight is 520 g/mol. The minimum atomic E-state index is -0.566. The number of carboxylic acids is 1. The Morgan fingerprint density at radius 1 is 0.794 bits per heavy atom. The average Bonchev–Trinajstić information content (AvgIpc) is 2.74. The number of hydrogen-bond acceptors (Lipinski definition) is 6. The first-order valence-corrected chi connectivity index (χ1v) is 12.9. The molecule has 8 fully saturated rings. The number of carbonyl (C=O) groups is 3. The molecule has 0 amide bonds. The van der Waals surface area contributed by atoms with Crippen molar-refractivity contribution in [1.82, 2.24) is 0 Å². The van der Waals surface area contributed by atoms with Crippen molar-refractivity contribution >= 4 is 41.2 Å². The molecule has 0 aromatic rings. The fourth-order valence-corrected chi connectivity index (χ4v) is 8.86. The predicted molar refractivity (Wildman–Crippen MR) is 131 cm³/mol. The van der Waals surface area contributed by atoms with Crippen molar-refractivity contribution in [3.8, 4) is 0 Å². The van der Waals surface area contributed by atoms with Crippen molar-refractivity contribution in [2.45, 2.75) is 83.2 Å². The number of nitrogens with two attached hydrogens (primary N) is 2. The van der Waals surface area contributed by atoms with Gasteiger partial charge in [-0.25, -0.2) is 0 Å². The monoisotopic (exact) mass is 518 g/mol. The summed E-state index contributed by atoms with van der Waals surface area (Å²) in [6.07, 6.45) is 10.5. The number of rotatable bonds is 2. The van der Waals surface area contributed by atoms with Gasteiger partial charge in [0.05, 0.1) is 17.9 Å². The fourth-order valence-electron chi connectivity index (χ4n) is 8.86. The highest BCUT2D eigenvalue weighted by molar-refractivity contribution is 6.62. The van der Waals surface area contributed by atoms with E-state index >= 15 is 0 Å². The summed E-state index contributed by atoms with van der Waals surface area (Å²) in [5.74, 6) is 3.00. The molecule has 0 heterocycles. The summed E-state index contributed by atoms with van der Waals surface area (Å²) < 4.78 is 4.99. The van der Waals surface area contributed by atoms with E-state index in [2.05, 4.69) is 11.6 Å². The summed E-state index contributed by atoms with van der Waals surface area (Å²) in [7, 11) is 1.51. The molecule has 4 atom stereocenters. The van der Waals surface area contributed by atoms with Crippen LogP contribution in [0.25, 0.3) is 0 Å². The minimum Gasteiger partial charge on any atom is -0.481 e. The molecule has 0 saturated heterocycles. The molecule has 194 valence electrons. The second-order valence-corrected chi connectivity index (χ2v) is 12.5. The Hall–Kier alpha value is -0.890. The van der Waals surface area contributed by atoms with Crippen LogP contribution in [0, 0.1) is 46.3 Å². The highest BCUT2D eigenvalue weighted by atomic mass is 35.5. The first kappa shape index (κ1) is 27.7. The molecular weight excluding hydrogens is 479 g/mol. The van der Waals surface area contributed by atoms with Crippen LogP contribution >= 0.6 is 24.0 Å². The first-order chi connectivity index (χ1) is 15.5. The lowest BCUT2D eigenvalue weighted by molar-refractivity contribution is -0.170. The molecule has 7 nitrogen and oxygen atoms in total. The van der Waals surface area contributed by atoms with Crippen LogP contribution in [0.2, 0.25) is 0 Å². The standard InChI is InChI=1S/C12H19NO2.C11H17NO2.C2H3ClO.ClH/c1-15-11(14)12-4-7-2-8(5-12)10(13)9(3-7)6-12;12-9-7-1-6-2-8(9)5-11(3-6,4-7)10(13)14;1-2(3)4;/h7-10H,2-6,13H2,1H3;6-9H,1-5,12H2,(H,13,14);1H3;1H. The maximum absolute atomic E-state index is 11.9. The first-order valence-electron chi connectivity index (χ1n) is 12.5. The van der Waals surface area contributed by atoms with Crippen LogP contribution in [0.1, 0.15) is 71.1 Å². The number of aliphatic carboxylic acids is 1. The van der Waals surface area contributed by atoms with Crippen molar-refractivity contribution in [2.75, 3.05) is 7.11 Å². The molecule has 5 N–H and O–H groups in total. The van der Waals surface area contributed by atoms with Crippen molar-refractivity contribution in [3.63, 3.8) is 0 Å². The molecule has 4 unspecified atom stereocenters. The van der Waals surface area contributed by atoms with Gasteiger partial charge in [-0.2, -0.15) is 0 Å². The van der Waals surface area contributed by atoms with Gasteiger partial charge in [0, 0.05) is 19.0 Å². The minimum absolute atomic E-state index is 0. The zero-order valence-electron chi connectivity index (χ0n) is 20.2. The smallest absolute Gasteiger partial charge is 0.311 e. The molecular formula is C25H40Cl2N2O5. The topological polar surface area (TPSA) is 133 Å². The van der Waals surface area contributed by atoms with E-state index in [9.17, 15) is 19.5 Å². The highest BCUT2D eigenvalue weighted by Crippen LogP contribution is 2.60. The van der Waals surface area contributed by atoms with Crippen LogP contribution < -0.4 is 11.5 Å². The lowest BCUT2D eigenvalue weighted by Gasteiger charge is -2.57. The molecule has 0 aromatic heterocycles. The molecule has 8 aliphatic rings. The predicted octanol–water partition coefficient (Wildman–Crippen LogP) is 3.73. The Morgan fingerprint density at radius 3 is 1.44 bits per heavy atom. The van der Waals surface area contributed by atoms with Gasteiger partial charge in [-0.15, -0.1) is 12.4 Å². The molecule has 8 aliphatic carbocycles. The molecule has 34 heavy (non-hydrogen) atoms. The van der Waals surface area contributed by atoms with Crippen LogP contribution in [0.4, 0.5) is 0 Å². The number of halogens is 2.